The monoisotopic (exact) mass is 587 g/mol. The van der Waals surface area contributed by atoms with Gasteiger partial charge in [-0.15, -0.1) is 0 Å². The molecule has 4 aromatic rings. The highest BCUT2D eigenvalue weighted by Crippen LogP contribution is 2.52. The Morgan fingerprint density at radius 3 is 2.33 bits per heavy atom. The van der Waals surface area contributed by atoms with Crippen LogP contribution in [0, 0.1) is 5.92 Å². The lowest BCUT2D eigenvalue weighted by molar-refractivity contribution is 0.490. The number of hydrogen-bond acceptors (Lipinski definition) is 1. The van der Waals surface area contributed by atoms with Crippen LogP contribution in [0.5, 0.6) is 0 Å². The molecule has 0 amide bonds. The van der Waals surface area contributed by atoms with E-state index >= 15 is 0 Å². The second kappa shape index (κ2) is 13.7. The molecule has 45 heavy (non-hydrogen) atoms. The molecule has 0 saturated heterocycles. The first-order valence-electron chi connectivity index (χ1n) is 16.7. The number of fused-ring (bicyclic) bond motifs is 2. The van der Waals surface area contributed by atoms with Crippen molar-refractivity contribution in [1.29, 1.82) is 0 Å². The summed E-state index contributed by atoms with van der Waals surface area (Å²) in [7, 11) is 0. The Labute approximate surface area is 270 Å². The summed E-state index contributed by atoms with van der Waals surface area (Å²) < 4.78 is 0. The standard InChI is InChI=1S/C44H45N/c1-6-15-32(16-7-2)35-22-14-29-45-44(35)41-28-27-40(36-18-10-11-19-37(36)41)43-34(17-8-3)30(5)42(38-20-12-13-21-39(38)43)33-25-23-31(9-4)24-26-33/h6,8,10-11,13-19,21-29,38,42H,7,9,12,20H2,1-5H3/b15-6-,17-8-,32-16+. The minimum Gasteiger partial charge on any atom is -0.256 e. The van der Waals surface area contributed by atoms with E-state index in [1.54, 1.807) is 0 Å². The third-order valence-electron chi connectivity index (χ3n) is 9.61. The summed E-state index contributed by atoms with van der Waals surface area (Å²) in [4.78, 5) is 4.99. The highest BCUT2D eigenvalue weighted by molar-refractivity contribution is 6.07. The Hall–Kier alpha value is -4.49. The summed E-state index contributed by atoms with van der Waals surface area (Å²) >= 11 is 0. The molecule has 2 atom stereocenters. The topological polar surface area (TPSA) is 12.9 Å². The predicted molar refractivity (Wildman–Crippen MR) is 195 cm³/mol. The van der Waals surface area contributed by atoms with Crippen molar-refractivity contribution >= 4 is 21.9 Å². The van der Waals surface area contributed by atoms with Gasteiger partial charge in [-0.25, -0.2) is 0 Å². The van der Waals surface area contributed by atoms with Gasteiger partial charge in [-0.1, -0.05) is 129 Å². The van der Waals surface area contributed by atoms with Crippen LogP contribution in [-0.2, 0) is 6.42 Å². The molecule has 1 nitrogen and oxygen atoms in total. The van der Waals surface area contributed by atoms with Gasteiger partial charge in [-0.3, -0.25) is 4.98 Å². The van der Waals surface area contributed by atoms with Gasteiger partial charge in [0.25, 0.3) is 0 Å². The molecule has 0 N–H and O–H groups in total. The van der Waals surface area contributed by atoms with Crippen LogP contribution in [0.15, 0.2) is 138 Å². The summed E-state index contributed by atoms with van der Waals surface area (Å²) in [6, 6.07) is 27.3. The molecule has 1 heteroatoms. The molecule has 2 aliphatic rings. The summed E-state index contributed by atoms with van der Waals surface area (Å²) in [5.74, 6) is 0.831. The molecule has 2 unspecified atom stereocenters. The van der Waals surface area contributed by atoms with Crippen LogP contribution in [0.25, 0.3) is 33.2 Å². The fraction of sp³-hybridized carbons (Fsp3) is 0.250. The highest BCUT2D eigenvalue weighted by atomic mass is 14.7. The molecular weight excluding hydrogens is 542 g/mol. The molecule has 0 radical (unpaired) electrons. The lowest BCUT2D eigenvalue weighted by Crippen LogP contribution is -2.24. The minimum absolute atomic E-state index is 0.378. The van der Waals surface area contributed by atoms with Crippen molar-refractivity contribution in [3.63, 3.8) is 0 Å². The van der Waals surface area contributed by atoms with Crippen LogP contribution in [0.2, 0.25) is 0 Å². The van der Waals surface area contributed by atoms with Gasteiger partial charge < -0.3 is 0 Å². The van der Waals surface area contributed by atoms with Gasteiger partial charge in [0.2, 0.25) is 0 Å². The third kappa shape index (κ3) is 5.73. The van der Waals surface area contributed by atoms with Crippen molar-refractivity contribution in [2.45, 2.75) is 66.2 Å². The first kappa shape index (κ1) is 30.5. The fourth-order valence-corrected chi connectivity index (χ4v) is 7.57. The quantitative estimate of drug-likeness (QED) is 0.187. The molecule has 2 aliphatic carbocycles. The summed E-state index contributed by atoms with van der Waals surface area (Å²) in [5, 5.41) is 2.52. The van der Waals surface area contributed by atoms with E-state index in [0.717, 1.165) is 25.0 Å². The van der Waals surface area contributed by atoms with Crippen LogP contribution in [0.4, 0.5) is 0 Å². The Morgan fingerprint density at radius 2 is 1.62 bits per heavy atom. The maximum absolute atomic E-state index is 4.99. The number of aromatic nitrogens is 1. The maximum Gasteiger partial charge on any atom is 0.0786 e. The zero-order valence-electron chi connectivity index (χ0n) is 27.5. The minimum atomic E-state index is 0.378. The fourth-order valence-electron chi connectivity index (χ4n) is 7.57. The van der Waals surface area contributed by atoms with Crippen LogP contribution in [-0.4, -0.2) is 4.98 Å². The molecular formula is C44H45N. The highest BCUT2D eigenvalue weighted by Gasteiger charge is 2.36. The van der Waals surface area contributed by atoms with Crippen LogP contribution < -0.4 is 0 Å². The van der Waals surface area contributed by atoms with E-state index in [1.807, 2.05) is 6.20 Å². The van der Waals surface area contributed by atoms with Gasteiger partial charge in [0, 0.05) is 23.2 Å². The van der Waals surface area contributed by atoms with E-state index in [1.165, 1.54) is 72.9 Å². The molecule has 0 saturated carbocycles. The van der Waals surface area contributed by atoms with Crippen molar-refractivity contribution in [3.05, 3.63) is 160 Å². The number of rotatable bonds is 8. The second-order valence-electron chi connectivity index (χ2n) is 12.3. The molecule has 1 heterocycles. The molecule has 0 bridgehead atoms. The van der Waals surface area contributed by atoms with Crippen LogP contribution in [0.1, 0.15) is 82.1 Å². The zero-order valence-corrected chi connectivity index (χ0v) is 27.5. The van der Waals surface area contributed by atoms with Gasteiger partial charge in [-0.05, 0) is 108 Å². The predicted octanol–water partition coefficient (Wildman–Crippen LogP) is 12.2. The number of allylic oxidation sites excluding steroid dienone is 12. The number of hydrogen-bond donors (Lipinski definition) is 0. The second-order valence-corrected chi connectivity index (χ2v) is 12.3. The average molecular weight is 588 g/mol. The van der Waals surface area contributed by atoms with E-state index in [-0.39, 0.29) is 0 Å². The van der Waals surface area contributed by atoms with Gasteiger partial charge in [0.05, 0.1) is 5.69 Å². The van der Waals surface area contributed by atoms with Crippen molar-refractivity contribution in [3.8, 4) is 11.3 Å². The molecule has 226 valence electrons. The van der Waals surface area contributed by atoms with E-state index in [9.17, 15) is 0 Å². The van der Waals surface area contributed by atoms with Crippen LogP contribution in [0.3, 0.4) is 0 Å². The van der Waals surface area contributed by atoms with Crippen molar-refractivity contribution in [2.75, 3.05) is 0 Å². The molecule has 0 aliphatic heterocycles. The Balaban J connectivity index is 1.58. The van der Waals surface area contributed by atoms with Crippen molar-refractivity contribution < 1.29 is 0 Å². The van der Waals surface area contributed by atoms with Crippen LogP contribution >= 0.6 is 0 Å². The third-order valence-corrected chi connectivity index (χ3v) is 9.61. The van der Waals surface area contributed by atoms with E-state index in [4.69, 9.17) is 4.98 Å². The number of aryl methyl sites for hydroxylation is 1. The number of pyridine rings is 1. The summed E-state index contributed by atoms with van der Waals surface area (Å²) in [5.41, 5.74) is 14.4. The molecule has 6 rings (SSSR count). The maximum atomic E-state index is 4.99. The largest absolute Gasteiger partial charge is 0.256 e. The summed E-state index contributed by atoms with van der Waals surface area (Å²) in [6.07, 6.45) is 22.3. The first-order valence-corrected chi connectivity index (χ1v) is 16.7. The van der Waals surface area contributed by atoms with E-state index < -0.39 is 0 Å². The van der Waals surface area contributed by atoms with Gasteiger partial charge >= 0.3 is 0 Å². The summed E-state index contributed by atoms with van der Waals surface area (Å²) in [6.45, 7) is 11.0. The smallest absolute Gasteiger partial charge is 0.0786 e. The SMILES string of the molecule is C/C=C\C1=C(C)C(c2ccc(CC)cc2)C2CCC=CC2=C1c1ccc(-c2ncccc2C(/C=C\C)=C/CC)c2ccccc12. The lowest BCUT2D eigenvalue weighted by Gasteiger charge is -2.39. The van der Waals surface area contributed by atoms with Gasteiger partial charge in [0.1, 0.15) is 0 Å². The molecule has 1 aromatic heterocycles. The zero-order chi connectivity index (χ0) is 31.3. The first-order chi connectivity index (χ1) is 22.1. The van der Waals surface area contributed by atoms with E-state index in [0.29, 0.717) is 11.8 Å². The van der Waals surface area contributed by atoms with Gasteiger partial charge in [0.15, 0.2) is 0 Å². The number of nitrogens with zero attached hydrogens (tertiary/aromatic N) is 1. The molecule has 0 fully saturated rings. The average Bonchev–Trinajstić information content (AvgIpc) is 3.08. The normalized spacial score (nSPS) is 18.9. The Kier molecular flexibility index (Phi) is 9.26. The lowest BCUT2D eigenvalue weighted by atomic mass is 9.65. The number of benzene rings is 3. The van der Waals surface area contributed by atoms with Crippen molar-refractivity contribution in [2.24, 2.45) is 5.92 Å². The Morgan fingerprint density at radius 1 is 0.867 bits per heavy atom. The van der Waals surface area contributed by atoms with Gasteiger partial charge in [-0.2, -0.15) is 0 Å². The van der Waals surface area contributed by atoms with E-state index in [2.05, 4.69) is 150 Å². The Bertz CT molecular complexity index is 1890. The molecule has 0 spiro atoms. The molecule has 3 aromatic carbocycles. The van der Waals surface area contributed by atoms with Crippen molar-refractivity contribution in [1.82, 2.24) is 4.98 Å².